The van der Waals surface area contributed by atoms with Crippen molar-refractivity contribution in [1.29, 1.82) is 0 Å². The number of hydrogen-bond donors (Lipinski definition) is 1. The Bertz CT molecular complexity index is 1190. The average Bonchev–Trinajstić information content (AvgIpc) is 3.42. The van der Waals surface area contributed by atoms with Crippen LogP contribution in [0, 0.1) is 0 Å². The molecule has 0 unspecified atom stereocenters. The van der Waals surface area contributed by atoms with Gasteiger partial charge in [-0.15, -0.1) is 0 Å². The number of carbonyl (C=O) groups is 2. The predicted molar refractivity (Wildman–Crippen MR) is 111 cm³/mol. The molecule has 0 spiro atoms. The van der Waals surface area contributed by atoms with Gasteiger partial charge in [-0.05, 0) is 30.3 Å². The fourth-order valence-electron chi connectivity index (χ4n) is 3.41. The molecule has 3 aromatic rings. The molecule has 1 atom stereocenters. The Morgan fingerprint density at radius 1 is 1.12 bits per heavy atom. The highest BCUT2D eigenvalue weighted by Crippen LogP contribution is 2.39. The molecule has 1 aliphatic heterocycles. The number of benzene rings is 2. The molecule has 2 heterocycles. The molecular formula is C23H18F3N3O4. The van der Waals surface area contributed by atoms with Crippen molar-refractivity contribution < 1.29 is 31.9 Å². The van der Waals surface area contributed by atoms with E-state index >= 15 is 0 Å². The number of carbonyl (C=O) groups excluding carboxylic acids is 2. The Kier molecular flexibility index (Phi) is 5.67. The van der Waals surface area contributed by atoms with E-state index in [2.05, 4.69) is 4.99 Å². The van der Waals surface area contributed by atoms with Gasteiger partial charge >= 0.3 is 11.8 Å². The van der Waals surface area contributed by atoms with E-state index in [1.54, 1.807) is 24.3 Å². The Hall–Kier alpha value is -4.08. The molecule has 0 fully saturated rings. The lowest BCUT2D eigenvalue weighted by molar-refractivity contribution is -0.196. The first kappa shape index (κ1) is 22.1. The van der Waals surface area contributed by atoms with Crippen LogP contribution in [0.2, 0.25) is 0 Å². The minimum Gasteiger partial charge on any atom is -0.497 e. The smallest absolute Gasteiger partial charge is 0.442 e. The Balaban J connectivity index is 1.79. The van der Waals surface area contributed by atoms with E-state index in [4.69, 9.17) is 9.15 Å². The van der Waals surface area contributed by atoms with E-state index in [0.29, 0.717) is 0 Å². The third-order valence-corrected chi connectivity index (χ3v) is 5.05. The van der Waals surface area contributed by atoms with E-state index in [0.717, 1.165) is 4.90 Å². The van der Waals surface area contributed by atoms with Crippen molar-refractivity contribution in [3.8, 4) is 5.75 Å². The second-order valence-electron chi connectivity index (χ2n) is 7.17. The van der Waals surface area contributed by atoms with Crippen molar-refractivity contribution in [2.24, 2.45) is 4.99 Å². The minimum atomic E-state index is -5.23. The molecule has 33 heavy (non-hydrogen) atoms. The Morgan fingerprint density at radius 2 is 1.88 bits per heavy atom. The SMILES string of the molecule is COc1cccc(C(=O)N[C@]2(C(F)(F)F)N=C(c3ccccc3)N(Cc3ccco3)C2=O)c1. The number of hydrogen-bond acceptors (Lipinski definition) is 5. The summed E-state index contributed by atoms with van der Waals surface area (Å²) in [5.74, 6) is -2.28. The lowest BCUT2D eigenvalue weighted by Crippen LogP contribution is -2.63. The first-order valence-electron chi connectivity index (χ1n) is 9.78. The first-order chi connectivity index (χ1) is 15.7. The Morgan fingerprint density at radius 3 is 2.52 bits per heavy atom. The van der Waals surface area contributed by atoms with Gasteiger partial charge in [0.2, 0.25) is 0 Å². The van der Waals surface area contributed by atoms with Crippen molar-refractivity contribution >= 4 is 17.6 Å². The van der Waals surface area contributed by atoms with Gasteiger partial charge in [0.15, 0.2) is 0 Å². The second kappa shape index (κ2) is 8.45. The number of aliphatic imine (C=N–C) groups is 1. The molecule has 170 valence electrons. The molecule has 2 amide bonds. The van der Waals surface area contributed by atoms with Crippen LogP contribution in [0.5, 0.6) is 5.75 Å². The highest BCUT2D eigenvalue weighted by molar-refractivity contribution is 6.16. The summed E-state index contributed by atoms with van der Waals surface area (Å²) >= 11 is 0. The molecule has 0 saturated carbocycles. The van der Waals surface area contributed by atoms with Crippen LogP contribution in [-0.4, -0.2) is 41.5 Å². The summed E-state index contributed by atoms with van der Waals surface area (Å²) in [6, 6.07) is 16.6. The van der Waals surface area contributed by atoms with Gasteiger partial charge < -0.3 is 14.5 Å². The van der Waals surface area contributed by atoms with Crippen LogP contribution in [0.3, 0.4) is 0 Å². The van der Waals surface area contributed by atoms with Gasteiger partial charge in [-0.3, -0.25) is 14.5 Å². The van der Waals surface area contributed by atoms with E-state index in [1.165, 1.54) is 55.8 Å². The zero-order chi connectivity index (χ0) is 23.6. The molecule has 7 nitrogen and oxygen atoms in total. The van der Waals surface area contributed by atoms with E-state index in [1.807, 2.05) is 5.32 Å². The molecule has 0 bridgehead atoms. The number of furan rings is 1. The zero-order valence-electron chi connectivity index (χ0n) is 17.3. The summed E-state index contributed by atoms with van der Waals surface area (Å²) in [5, 5.41) is 1.83. The number of alkyl halides is 3. The van der Waals surface area contributed by atoms with Crippen LogP contribution in [-0.2, 0) is 11.3 Å². The first-order valence-corrected chi connectivity index (χ1v) is 9.78. The van der Waals surface area contributed by atoms with Gasteiger partial charge in [0.25, 0.3) is 11.8 Å². The molecule has 0 saturated heterocycles. The highest BCUT2D eigenvalue weighted by atomic mass is 19.4. The summed E-state index contributed by atoms with van der Waals surface area (Å²) in [6.07, 6.45) is -3.88. The number of halogens is 3. The number of ether oxygens (including phenoxy) is 1. The molecule has 1 N–H and O–H groups in total. The van der Waals surface area contributed by atoms with Crippen LogP contribution >= 0.6 is 0 Å². The fraction of sp³-hybridized carbons (Fsp3) is 0.174. The maximum atomic E-state index is 14.4. The van der Waals surface area contributed by atoms with Gasteiger partial charge in [-0.2, -0.15) is 13.2 Å². The van der Waals surface area contributed by atoms with Crippen molar-refractivity contribution in [1.82, 2.24) is 10.2 Å². The largest absolute Gasteiger partial charge is 0.497 e. The third-order valence-electron chi connectivity index (χ3n) is 5.05. The number of nitrogens with one attached hydrogen (secondary N) is 1. The topological polar surface area (TPSA) is 84.1 Å². The highest BCUT2D eigenvalue weighted by Gasteiger charge is 2.67. The second-order valence-corrected chi connectivity index (χ2v) is 7.17. The van der Waals surface area contributed by atoms with Crippen LogP contribution in [0.4, 0.5) is 13.2 Å². The fourth-order valence-corrected chi connectivity index (χ4v) is 3.41. The Labute approximate surface area is 186 Å². The zero-order valence-corrected chi connectivity index (χ0v) is 17.3. The van der Waals surface area contributed by atoms with Crippen LogP contribution in [0.25, 0.3) is 0 Å². The quantitative estimate of drug-likeness (QED) is 0.611. The van der Waals surface area contributed by atoms with Crippen molar-refractivity contribution in [2.45, 2.75) is 18.4 Å². The van der Waals surface area contributed by atoms with Crippen LogP contribution in [0.15, 0.2) is 82.4 Å². The summed E-state index contributed by atoms with van der Waals surface area (Å²) in [7, 11) is 1.36. The molecule has 0 radical (unpaired) electrons. The normalized spacial score (nSPS) is 18.2. The van der Waals surface area contributed by atoms with Gasteiger partial charge in [-0.25, -0.2) is 4.99 Å². The molecule has 4 rings (SSSR count). The lowest BCUT2D eigenvalue weighted by Gasteiger charge is -2.29. The number of methoxy groups -OCH3 is 1. The maximum absolute atomic E-state index is 14.4. The van der Waals surface area contributed by atoms with Gasteiger partial charge in [0, 0.05) is 11.1 Å². The standard InChI is InChI=1S/C23H18F3N3O4/c1-32-17-10-5-9-16(13-17)20(30)28-22(23(24,25)26)21(31)29(14-18-11-6-12-33-18)19(27-22)15-7-3-2-4-8-15/h2-13H,14H2,1H3,(H,28,30)/t22-/m1/s1. The number of rotatable bonds is 6. The molecule has 1 aromatic heterocycles. The summed E-state index contributed by atoms with van der Waals surface area (Å²) < 4.78 is 53.5. The molecule has 10 heteroatoms. The number of amidine groups is 1. The average molecular weight is 457 g/mol. The van der Waals surface area contributed by atoms with Crippen LogP contribution < -0.4 is 10.1 Å². The number of amides is 2. The molecule has 2 aromatic carbocycles. The monoisotopic (exact) mass is 457 g/mol. The summed E-state index contributed by atoms with van der Waals surface area (Å²) in [4.78, 5) is 30.7. The summed E-state index contributed by atoms with van der Waals surface area (Å²) in [5.41, 5.74) is -3.35. The van der Waals surface area contributed by atoms with Crippen LogP contribution in [0.1, 0.15) is 21.7 Å². The molecular weight excluding hydrogens is 439 g/mol. The van der Waals surface area contributed by atoms with E-state index in [9.17, 15) is 22.8 Å². The maximum Gasteiger partial charge on any atom is 0.442 e. The van der Waals surface area contributed by atoms with Crippen molar-refractivity contribution in [3.63, 3.8) is 0 Å². The van der Waals surface area contributed by atoms with Gasteiger partial charge in [-0.1, -0.05) is 36.4 Å². The van der Waals surface area contributed by atoms with Crippen molar-refractivity contribution in [2.75, 3.05) is 7.11 Å². The van der Waals surface area contributed by atoms with E-state index in [-0.39, 0.29) is 35.0 Å². The van der Waals surface area contributed by atoms with E-state index < -0.39 is 23.7 Å². The third kappa shape index (κ3) is 4.07. The minimum absolute atomic E-state index is 0.119. The van der Waals surface area contributed by atoms with Gasteiger partial charge in [0.05, 0.1) is 19.9 Å². The predicted octanol–water partition coefficient (Wildman–Crippen LogP) is 3.77. The van der Waals surface area contributed by atoms with Gasteiger partial charge in [0.1, 0.15) is 17.3 Å². The lowest BCUT2D eigenvalue weighted by atomic mass is 10.1. The number of nitrogens with zero attached hydrogens (tertiary/aromatic N) is 2. The summed E-state index contributed by atoms with van der Waals surface area (Å²) in [6.45, 7) is -0.299. The van der Waals surface area contributed by atoms with Crippen molar-refractivity contribution in [3.05, 3.63) is 89.9 Å². The molecule has 0 aliphatic carbocycles. The molecule has 1 aliphatic rings.